The first kappa shape index (κ1) is 20.7. The number of halogens is 1. The molecule has 0 aliphatic heterocycles. The Labute approximate surface area is 164 Å². The molecule has 27 heavy (non-hydrogen) atoms. The van der Waals surface area contributed by atoms with E-state index in [-0.39, 0.29) is 18.3 Å². The van der Waals surface area contributed by atoms with Crippen LogP contribution in [0.25, 0.3) is 11.3 Å². The molecule has 0 saturated heterocycles. The summed E-state index contributed by atoms with van der Waals surface area (Å²) in [5.41, 5.74) is 6.26. The number of hydrazone groups is 1. The standard InChI is InChI=1S/C20H24ClN3O3/c1-5-27-20(26)17-12-18(15-6-8-16(21)9-7-15)24(14(17)4)11-10-19(25)23-22-13(2)3/h6-9,12H,5,10-11H2,1-4H3,(H,23,25). The average Bonchev–Trinajstić information content (AvgIpc) is 2.95. The number of hydrogen-bond acceptors (Lipinski definition) is 4. The molecule has 0 aliphatic carbocycles. The van der Waals surface area contributed by atoms with Gasteiger partial charge < -0.3 is 9.30 Å². The minimum Gasteiger partial charge on any atom is -0.462 e. The van der Waals surface area contributed by atoms with Crippen LogP contribution in [0.3, 0.4) is 0 Å². The van der Waals surface area contributed by atoms with Gasteiger partial charge in [0, 0.05) is 35.1 Å². The van der Waals surface area contributed by atoms with Crippen molar-refractivity contribution in [3.8, 4) is 11.3 Å². The van der Waals surface area contributed by atoms with Crippen molar-refractivity contribution in [2.45, 2.75) is 40.7 Å². The van der Waals surface area contributed by atoms with E-state index in [2.05, 4.69) is 10.5 Å². The van der Waals surface area contributed by atoms with Crippen LogP contribution in [0, 0.1) is 6.92 Å². The maximum atomic E-state index is 12.3. The molecule has 0 unspecified atom stereocenters. The second kappa shape index (κ2) is 9.37. The van der Waals surface area contributed by atoms with E-state index in [1.165, 1.54) is 0 Å². The Kier molecular flexibility index (Phi) is 7.19. The molecule has 1 N–H and O–H groups in total. The maximum absolute atomic E-state index is 12.3. The molecule has 0 aliphatic rings. The van der Waals surface area contributed by atoms with Crippen molar-refractivity contribution in [2.75, 3.05) is 6.61 Å². The van der Waals surface area contributed by atoms with E-state index in [1.54, 1.807) is 39.0 Å². The number of rotatable bonds is 7. The van der Waals surface area contributed by atoms with Crippen LogP contribution in [0.5, 0.6) is 0 Å². The lowest BCUT2D eigenvalue weighted by Gasteiger charge is -2.12. The van der Waals surface area contributed by atoms with Crippen LogP contribution in [0.1, 0.15) is 43.2 Å². The lowest BCUT2D eigenvalue weighted by atomic mass is 10.1. The third-order valence-electron chi connectivity index (χ3n) is 3.97. The van der Waals surface area contributed by atoms with Crippen molar-refractivity contribution in [3.63, 3.8) is 0 Å². The van der Waals surface area contributed by atoms with Gasteiger partial charge in [-0.15, -0.1) is 0 Å². The highest BCUT2D eigenvalue weighted by molar-refractivity contribution is 6.30. The molecule has 144 valence electrons. The van der Waals surface area contributed by atoms with Crippen molar-refractivity contribution >= 4 is 29.2 Å². The molecule has 7 heteroatoms. The number of ether oxygens (including phenoxy) is 1. The van der Waals surface area contributed by atoms with Crippen molar-refractivity contribution < 1.29 is 14.3 Å². The summed E-state index contributed by atoms with van der Waals surface area (Å²) < 4.78 is 7.09. The first-order valence-corrected chi connectivity index (χ1v) is 9.14. The molecule has 1 aromatic carbocycles. The van der Waals surface area contributed by atoms with Crippen molar-refractivity contribution in [2.24, 2.45) is 5.10 Å². The van der Waals surface area contributed by atoms with E-state index in [0.717, 1.165) is 22.7 Å². The van der Waals surface area contributed by atoms with Gasteiger partial charge >= 0.3 is 5.97 Å². The second-order valence-corrected chi connectivity index (χ2v) is 6.69. The fourth-order valence-corrected chi connectivity index (χ4v) is 2.78. The summed E-state index contributed by atoms with van der Waals surface area (Å²) in [4.78, 5) is 24.3. The predicted molar refractivity (Wildman–Crippen MR) is 107 cm³/mol. The van der Waals surface area contributed by atoms with Crippen LogP contribution in [0.4, 0.5) is 0 Å². The van der Waals surface area contributed by atoms with Gasteiger partial charge in [0.1, 0.15) is 0 Å². The molecule has 0 fully saturated rings. The van der Waals surface area contributed by atoms with E-state index in [4.69, 9.17) is 16.3 Å². The summed E-state index contributed by atoms with van der Waals surface area (Å²) in [6, 6.07) is 9.14. The van der Waals surface area contributed by atoms with Crippen LogP contribution in [-0.2, 0) is 16.1 Å². The van der Waals surface area contributed by atoms with E-state index in [9.17, 15) is 9.59 Å². The van der Waals surface area contributed by atoms with E-state index in [1.807, 2.05) is 23.6 Å². The Morgan fingerprint density at radius 3 is 2.48 bits per heavy atom. The van der Waals surface area contributed by atoms with Gasteiger partial charge in [-0.2, -0.15) is 5.10 Å². The van der Waals surface area contributed by atoms with Crippen LogP contribution in [-0.4, -0.2) is 28.8 Å². The lowest BCUT2D eigenvalue weighted by Crippen LogP contribution is -2.20. The number of hydrogen-bond donors (Lipinski definition) is 1. The summed E-state index contributed by atoms with van der Waals surface area (Å²) in [6.07, 6.45) is 0.231. The SMILES string of the molecule is CCOC(=O)c1cc(-c2ccc(Cl)cc2)n(CCC(=O)NN=C(C)C)c1C. The van der Waals surface area contributed by atoms with Crippen LogP contribution < -0.4 is 5.43 Å². The largest absolute Gasteiger partial charge is 0.462 e. The molecular weight excluding hydrogens is 366 g/mol. The zero-order valence-electron chi connectivity index (χ0n) is 16.0. The van der Waals surface area contributed by atoms with Crippen LogP contribution >= 0.6 is 11.6 Å². The van der Waals surface area contributed by atoms with Crippen molar-refractivity contribution in [3.05, 3.63) is 46.6 Å². The number of carbonyl (C=O) groups excluding carboxylic acids is 2. The normalized spacial score (nSPS) is 10.4. The fraction of sp³-hybridized carbons (Fsp3) is 0.350. The third kappa shape index (κ3) is 5.44. The quantitative estimate of drug-likeness (QED) is 0.438. The molecule has 1 aromatic heterocycles. The molecule has 1 heterocycles. The Balaban J connectivity index is 2.34. The Hall–Kier alpha value is -2.60. The molecule has 2 rings (SSSR count). The van der Waals surface area contributed by atoms with Crippen LogP contribution in [0.2, 0.25) is 5.02 Å². The Morgan fingerprint density at radius 1 is 1.22 bits per heavy atom. The molecule has 0 bridgehead atoms. The molecule has 0 atom stereocenters. The number of esters is 1. The summed E-state index contributed by atoms with van der Waals surface area (Å²) >= 11 is 5.98. The fourth-order valence-electron chi connectivity index (χ4n) is 2.65. The molecule has 2 aromatic rings. The Morgan fingerprint density at radius 2 is 1.89 bits per heavy atom. The second-order valence-electron chi connectivity index (χ2n) is 6.25. The summed E-state index contributed by atoms with van der Waals surface area (Å²) in [7, 11) is 0. The average molecular weight is 390 g/mol. The molecule has 0 spiro atoms. The summed E-state index contributed by atoms with van der Waals surface area (Å²) in [5.74, 6) is -0.566. The highest BCUT2D eigenvalue weighted by atomic mass is 35.5. The van der Waals surface area contributed by atoms with Gasteiger partial charge in [0.2, 0.25) is 5.91 Å². The first-order chi connectivity index (χ1) is 12.8. The van der Waals surface area contributed by atoms with Gasteiger partial charge in [-0.3, -0.25) is 4.79 Å². The monoisotopic (exact) mass is 389 g/mol. The molecule has 0 radical (unpaired) electrons. The first-order valence-electron chi connectivity index (χ1n) is 8.76. The van der Waals surface area contributed by atoms with E-state index in [0.29, 0.717) is 23.7 Å². The smallest absolute Gasteiger partial charge is 0.339 e. The van der Waals surface area contributed by atoms with Gasteiger partial charge in [0.05, 0.1) is 12.2 Å². The van der Waals surface area contributed by atoms with Gasteiger partial charge in [-0.1, -0.05) is 23.7 Å². The van der Waals surface area contributed by atoms with E-state index >= 15 is 0 Å². The van der Waals surface area contributed by atoms with Gasteiger partial charge in [0.15, 0.2) is 0 Å². The number of amides is 1. The summed E-state index contributed by atoms with van der Waals surface area (Å²) in [6.45, 7) is 7.94. The summed E-state index contributed by atoms with van der Waals surface area (Å²) in [5, 5.41) is 4.56. The molecule has 1 amide bonds. The van der Waals surface area contributed by atoms with Gasteiger partial charge in [-0.05, 0) is 51.5 Å². The maximum Gasteiger partial charge on any atom is 0.339 e. The highest BCUT2D eigenvalue weighted by Crippen LogP contribution is 2.28. The van der Waals surface area contributed by atoms with Crippen LogP contribution in [0.15, 0.2) is 35.4 Å². The zero-order chi connectivity index (χ0) is 20.0. The molecular formula is C20H24ClN3O3. The third-order valence-corrected chi connectivity index (χ3v) is 4.22. The number of nitrogens with one attached hydrogen (secondary N) is 1. The zero-order valence-corrected chi connectivity index (χ0v) is 16.8. The molecule has 6 nitrogen and oxygen atoms in total. The minimum atomic E-state index is -0.375. The van der Waals surface area contributed by atoms with Crippen molar-refractivity contribution in [1.29, 1.82) is 0 Å². The van der Waals surface area contributed by atoms with Gasteiger partial charge in [-0.25, -0.2) is 10.2 Å². The van der Waals surface area contributed by atoms with E-state index < -0.39 is 0 Å². The lowest BCUT2D eigenvalue weighted by molar-refractivity contribution is -0.121. The topological polar surface area (TPSA) is 72.7 Å². The number of benzene rings is 1. The number of aromatic nitrogens is 1. The minimum absolute atomic E-state index is 0.191. The van der Waals surface area contributed by atoms with Gasteiger partial charge in [0.25, 0.3) is 0 Å². The Bertz CT molecular complexity index is 850. The number of nitrogens with zero attached hydrogens (tertiary/aromatic N) is 2. The number of carbonyl (C=O) groups is 2. The van der Waals surface area contributed by atoms with Crippen molar-refractivity contribution in [1.82, 2.24) is 9.99 Å². The molecule has 0 saturated carbocycles. The predicted octanol–water partition coefficient (Wildman–Crippen LogP) is 4.20. The highest BCUT2D eigenvalue weighted by Gasteiger charge is 2.20.